The Hall–Kier alpha value is -1.68. The molecule has 1 heterocycles. The third-order valence-electron chi connectivity index (χ3n) is 4.40. The first-order valence-electron chi connectivity index (χ1n) is 7.06. The van der Waals surface area contributed by atoms with Crippen LogP contribution in [0.15, 0.2) is 12.1 Å². The lowest BCUT2D eigenvalue weighted by Gasteiger charge is -2.28. The smallest absolute Gasteiger partial charge is 0.162 e. The second-order valence-corrected chi connectivity index (χ2v) is 5.70. The lowest BCUT2D eigenvalue weighted by Crippen LogP contribution is -2.33. The zero-order valence-corrected chi connectivity index (χ0v) is 12.6. The fourth-order valence-corrected chi connectivity index (χ4v) is 3.17. The van der Waals surface area contributed by atoms with Crippen molar-refractivity contribution in [3.63, 3.8) is 0 Å². The number of likely N-dealkylation sites (N-methyl/N-ethyl adjacent to an activating group) is 1. The number of H-pyrrole nitrogens is 1. The molecule has 2 aromatic rings. The number of aromatic nitrogens is 1. The van der Waals surface area contributed by atoms with Crippen LogP contribution in [0.5, 0.6) is 11.5 Å². The second-order valence-electron chi connectivity index (χ2n) is 5.70. The quantitative estimate of drug-likeness (QED) is 0.935. The zero-order chi connectivity index (χ0) is 14.3. The summed E-state index contributed by atoms with van der Waals surface area (Å²) in [6.45, 7) is 0. The summed E-state index contributed by atoms with van der Waals surface area (Å²) in [5.74, 6) is 1.58. The van der Waals surface area contributed by atoms with Gasteiger partial charge in [-0.25, -0.2) is 0 Å². The molecule has 1 aromatic carbocycles. The minimum Gasteiger partial charge on any atom is -0.493 e. The van der Waals surface area contributed by atoms with Crippen molar-refractivity contribution in [3.05, 3.63) is 23.4 Å². The maximum atomic E-state index is 5.43. The Morgan fingerprint density at radius 1 is 1.15 bits per heavy atom. The lowest BCUT2D eigenvalue weighted by atomic mass is 9.91. The van der Waals surface area contributed by atoms with Crippen LogP contribution in [0.1, 0.15) is 17.7 Å². The fraction of sp³-hybridized carbons (Fsp3) is 0.500. The number of ether oxygens (including phenoxy) is 2. The van der Waals surface area contributed by atoms with Gasteiger partial charge in [-0.05, 0) is 45.0 Å². The molecule has 1 aromatic heterocycles. The number of hydrogen-bond acceptors (Lipinski definition) is 3. The Kier molecular flexibility index (Phi) is 3.34. The van der Waals surface area contributed by atoms with E-state index in [1.807, 2.05) is 6.07 Å². The van der Waals surface area contributed by atoms with Gasteiger partial charge in [0.2, 0.25) is 0 Å². The molecule has 0 saturated carbocycles. The Bertz CT molecular complexity index is 631. The number of methoxy groups -OCH3 is 2. The largest absolute Gasteiger partial charge is 0.493 e. The summed E-state index contributed by atoms with van der Waals surface area (Å²) in [5, 5.41) is 1.27. The zero-order valence-electron chi connectivity index (χ0n) is 12.6. The Morgan fingerprint density at radius 3 is 2.50 bits per heavy atom. The molecule has 1 aliphatic carbocycles. The third-order valence-corrected chi connectivity index (χ3v) is 4.40. The number of benzene rings is 1. The average Bonchev–Trinajstić information content (AvgIpc) is 2.82. The van der Waals surface area contributed by atoms with Gasteiger partial charge in [-0.3, -0.25) is 0 Å². The first-order valence-corrected chi connectivity index (χ1v) is 7.06. The highest BCUT2D eigenvalue weighted by Crippen LogP contribution is 2.37. The Morgan fingerprint density at radius 2 is 1.85 bits per heavy atom. The molecule has 1 N–H and O–H groups in total. The second kappa shape index (κ2) is 5.02. The van der Waals surface area contributed by atoms with Crippen molar-refractivity contribution in [3.8, 4) is 11.5 Å². The number of rotatable bonds is 3. The maximum Gasteiger partial charge on any atom is 0.162 e. The van der Waals surface area contributed by atoms with Crippen LogP contribution in [0.25, 0.3) is 10.9 Å². The van der Waals surface area contributed by atoms with Crippen molar-refractivity contribution in [1.82, 2.24) is 9.88 Å². The normalized spacial score (nSPS) is 18.4. The molecule has 0 radical (unpaired) electrons. The van der Waals surface area contributed by atoms with Crippen molar-refractivity contribution in [2.45, 2.75) is 25.3 Å². The highest BCUT2D eigenvalue weighted by Gasteiger charge is 2.24. The molecule has 0 saturated heterocycles. The molecule has 20 heavy (non-hydrogen) atoms. The molecular weight excluding hydrogens is 252 g/mol. The summed E-state index contributed by atoms with van der Waals surface area (Å²) in [7, 11) is 7.68. The molecule has 108 valence electrons. The van der Waals surface area contributed by atoms with Crippen LogP contribution in [-0.4, -0.2) is 44.2 Å². The van der Waals surface area contributed by atoms with E-state index in [4.69, 9.17) is 9.47 Å². The number of hydrogen-bond donors (Lipinski definition) is 1. The van der Waals surface area contributed by atoms with E-state index in [0.717, 1.165) is 29.9 Å². The minimum atomic E-state index is 0.620. The first-order chi connectivity index (χ1) is 9.63. The van der Waals surface area contributed by atoms with E-state index in [2.05, 4.69) is 30.0 Å². The summed E-state index contributed by atoms with van der Waals surface area (Å²) in [4.78, 5) is 5.87. The molecule has 1 aliphatic rings. The van der Waals surface area contributed by atoms with Crippen molar-refractivity contribution in [1.29, 1.82) is 0 Å². The van der Waals surface area contributed by atoms with Crippen LogP contribution in [0.4, 0.5) is 0 Å². The van der Waals surface area contributed by atoms with E-state index in [1.54, 1.807) is 14.2 Å². The molecule has 0 aliphatic heterocycles. The van der Waals surface area contributed by atoms with Gasteiger partial charge in [0.15, 0.2) is 11.5 Å². The molecule has 4 nitrogen and oxygen atoms in total. The van der Waals surface area contributed by atoms with Gasteiger partial charge in [-0.1, -0.05) is 0 Å². The van der Waals surface area contributed by atoms with Gasteiger partial charge >= 0.3 is 0 Å². The predicted octanol–water partition coefficient (Wildman–Crippen LogP) is 2.60. The van der Waals surface area contributed by atoms with Crippen molar-refractivity contribution >= 4 is 10.9 Å². The van der Waals surface area contributed by atoms with Gasteiger partial charge < -0.3 is 19.4 Å². The van der Waals surface area contributed by atoms with Crippen molar-refractivity contribution in [2.75, 3.05) is 28.3 Å². The number of nitrogens with zero attached hydrogens (tertiary/aromatic N) is 1. The van der Waals surface area contributed by atoms with Crippen LogP contribution in [0.3, 0.4) is 0 Å². The highest BCUT2D eigenvalue weighted by atomic mass is 16.5. The predicted molar refractivity (Wildman–Crippen MR) is 80.9 cm³/mol. The van der Waals surface area contributed by atoms with E-state index in [1.165, 1.54) is 23.1 Å². The summed E-state index contributed by atoms with van der Waals surface area (Å²) in [6.07, 6.45) is 3.41. The van der Waals surface area contributed by atoms with Crippen molar-refractivity contribution < 1.29 is 9.47 Å². The standard InChI is InChI=1S/C16H22N2O2/c1-18(2)10-5-6-13-11(7-10)12-8-15(19-3)16(20-4)9-14(12)17-13/h8-10,17H,5-7H2,1-4H3/t10-/m0/s1. The van der Waals surface area contributed by atoms with Crippen LogP contribution in [-0.2, 0) is 12.8 Å². The fourth-order valence-electron chi connectivity index (χ4n) is 3.17. The van der Waals surface area contributed by atoms with Crippen LogP contribution in [0.2, 0.25) is 0 Å². The molecule has 4 heteroatoms. The molecule has 0 spiro atoms. The van der Waals surface area contributed by atoms with E-state index in [-0.39, 0.29) is 0 Å². The molecule has 0 fully saturated rings. The van der Waals surface area contributed by atoms with Gasteiger partial charge in [0, 0.05) is 28.7 Å². The SMILES string of the molecule is COc1cc2[nH]c3c(c2cc1OC)C[C@@H](N(C)C)CC3. The highest BCUT2D eigenvalue weighted by molar-refractivity contribution is 5.88. The van der Waals surface area contributed by atoms with E-state index >= 15 is 0 Å². The van der Waals surface area contributed by atoms with E-state index in [0.29, 0.717) is 6.04 Å². The lowest BCUT2D eigenvalue weighted by molar-refractivity contribution is 0.268. The van der Waals surface area contributed by atoms with Crippen LogP contribution < -0.4 is 9.47 Å². The van der Waals surface area contributed by atoms with Crippen LogP contribution >= 0.6 is 0 Å². The van der Waals surface area contributed by atoms with Gasteiger partial charge in [0.25, 0.3) is 0 Å². The maximum absolute atomic E-state index is 5.43. The Labute approximate surface area is 119 Å². The van der Waals surface area contributed by atoms with Crippen molar-refractivity contribution in [2.24, 2.45) is 0 Å². The van der Waals surface area contributed by atoms with E-state index < -0.39 is 0 Å². The third kappa shape index (κ3) is 2.04. The average molecular weight is 274 g/mol. The number of aryl methyl sites for hydroxylation is 1. The molecular formula is C16H22N2O2. The summed E-state index contributed by atoms with van der Waals surface area (Å²) < 4.78 is 10.8. The van der Waals surface area contributed by atoms with E-state index in [9.17, 15) is 0 Å². The Balaban J connectivity index is 2.11. The van der Waals surface area contributed by atoms with Gasteiger partial charge in [-0.2, -0.15) is 0 Å². The minimum absolute atomic E-state index is 0.620. The number of aromatic amines is 1. The van der Waals surface area contributed by atoms with Crippen LogP contribution in [0, 0.1) is 0 Å². The molecule has 1 atom stereocenters. The molecule has 3 rings (SSSR count). The summed E-state index contributed by atoms with van der Waals surface area (Å²) in [6, 6.07) is 4.76. The molecule has 0 amide bonds. The molecule has 0 unspecified atom stereocenters. The summed E-state index contributed by atoms with van der Waals surface area (Å²) in [5.41, 5.74) is 3.95. The number of fused-ring (bicyclic) bond motifs is 3. The monoisotopic (exact) mass is 274 g/mol. The first kappa shape index (κ1) is 13.3. The number of nitrogens with one attached hydrogen (secondary N) is 1. The molecule has 0 bridgehead atoms. The van der Waals surface area contributed by atoms with Gasteiger partial charge in [-0.15, -0.1) is 0 Å². The van der Waals surface area contributed by atoms with Gasteiger partial charge in [0.1, 0.15) is 0 Å². The topological polar surface area (TPSA) is 37.5 Å². The van der Waals surface area contributed by atoms with Gasteiger partial charge in [0.05, 0.1) is 14.2 Å². The summed E-state index contributed by atoms with van der Waals surface area (Å²) >= 11 is 0.